The first-order valence-electron chi connectivity index (χ1n) is 14.2. The van der Waals surface area contributed by atoms with Crippen molar-refractivity contribution >= 4 is 94.4 Å². The summed E-state index contributed by atoms with van der Waals surface area (Å²) in [5, 5.41) is 18.6. The Hall–Kier alpha value is -2.10. The normalized spacial score (nSPS) is 17.8. The molecule has 248 valence electrons. The molecule has 2 aromatic rings. The van der Waals surface area contributed by atoms with Gasteiger partial charge >= 0.3 is 23.9 Å². The van der Waals surface area contributed by atoms with Crippen LogP contribution >= 0.6 is 70.6 Å². The summed E-state index contributed by atoms with van der Waals surface area (Å²) in [6, 6.07) is 19.7. The number of benzene rings is 2. The lowest BCUT2D eigenvalue weighted by Gasteiger charge is -2.28. The average molecular weight is 741 g/mol. The Morgan fingerprint density at radius 3 is 1.39 bits per heavy atom. The molecule has 1 aliphatic heterocycles. The maximum absolute atomic E-state index is 12.2. The van der Waals surface area contributed by atoms with Crippen LogP contribution in [0, 0.1) is 0 Å². The fraction of sp³-hybridized carbons (Fsp3) is 0.375. The molecule has 1 aliphatic rings. The first kappa shape index (κ1) is 38.3. The zero-order valence-corrected chi connectivity index (χ0v) is 29.7. The molecule has 2 aromatic carbocycles. The van der Waals surface area contributed by atoms with E-state index < -0.39 is 23.9 Å². The van der Waals surface area contributed by atoms with E-state index in [1.165, 1.54) is 0 Å². The summed E-state index contributed by atoms with van der Waals surface area (Å²) in [7, 11) is 0. The Labute approximate surface area is 295 Å². The maximum Gasteiger partial charge on any atom is 0.331 e. The first-order chi connectivity index (χ1) is 22.3. The quantitative estimate of drug-likeness (QED) is 0.0888. The number of carbonyl (C=O) groups excluding carboxylic acids is 2. The predicted octanol–water partition coefficient (Wildman–Crippen LogP) is 6.36. The Bertz CT molecular complexity index is 1190. The van der Waals surface area contributed by atoms with E-state index in [9.17, 15) is 19.2 Å². The first-order valence-corrected chi connectivity index (χ1v) is 20.6. The van der Waals surface area contributed by atoms with Crippen molar-refractivity contribution in [1.29, 1.82) is 0 Å². The summed E-state index contributed by atoms with van der Waals surface area (Å²) in [6.07, 6.45) is 2.77. The third-order valence-electron chi connectivity index (χ3n) is 5.90. The van der Waals surface area contributed by atoms with E-state index in [0.29, 0.717) is 33.5 Å². The molecule has 0 radical (unpaired) electrons. The van der Waals surface area contributed by atoms with Gasteiger partial charge in [-0.3, -0.25) is 0 Å². The predicted molar refractivity (Wildman–Crippen MR) is 195 cm³/mol. The Balaban J connectivity index is 1.39. The zero-order chi connectivity index (χ0) is 33.0. The molecule has 1 heterocycles. The van der Waals surface area contributed by atoms with Gasteiger partial charge < -0.3 is 19.7 Å². The van der Waals surface area contributed by atoms with Crippen LogP contribution in [0.25, 0.3) is 0 Å². The van der Waals surface area contributed by atoms with Crippen LogP contribution in [0.4, 0.5) is 0 Å². The highest BCUT2D eigenvalue weighted by molar-refractivity contribution is 8.09. The van der Waals surface area contributed by atoms with Gasteiger partial charge in [-0.15, -0.1) is 23.5 Å². The minimum Gasteiger partial charge on any atom is -0.478 e. The Morgan fingerprint density at radius 1 is 0.652 bits per heavy atom. The number of hydrogen-bond donors (Lipinski definition) is 2. The molecule has 0 saturated carbocycles. The SMILES string of the molecule is O=C(O)/C=C/C(=O)OC(CSCC1CSC(CSCC(CSc2ccccc2)OC(=O)/C=C/C(=O)O)CS1)CSc1ccccc1. The molecule has 46 heavy (non-hydrogen) atoms. The number of aliphatic carboxylic acids is 2. The minimum atomic E-state index is -1.19. The molecule has 4 atom stereocenters. The van der Waals surface area contributed by atoms with Crippen molar-refractivity contribution in [3.8, 4) is 0 Å². The summed E-state index contributed by atoms with van der Waals surface area (Å²) >= 11 is 10.6. The fourth-order valence-corrected chi connectivity index (χ4v) is 11.9. The standard InChI is InChI=1S/C32H36O8S6/c33-29(34)11-13-31(37)39-23(17-43-25-7-3-1-4-8-25)15-41-19-27-21-46-28(22-45-27)20-42-16-24(40-32(38)14-12-30(35)36)18-44-26-9-5-2-6-10-26/h1-14,23-24,27-28H,15-22H2,(H,33,34)(H,35,36)/b13-11+,14-12+. The van der Waals surface area contributed by atoms with E-state index in [0.717, 1.165) is 57.1 Å². The summed E-state index contributed by atoms with van der Waals surface area (Å²) in [5.74, 6) is 2.56. The number of thioether (sulfide) groups is 6. The number of esters is 2. The van der Waals surface area contributed by atoms with E-state index in [1.54, 1.807) is 47.0 Å². The third kappa shape index (κ3) is 17.2. The monoisotopic (exact) mass is 740 g/mol. The van der Waals surface area contributed by atoms with Crippen LogP contribution in [0.2, 0.25) is 0 Å². The topological polar surface area (TPSA) is 127 Å². The largest absolute Gasteiger partial charge is 0.478 e. The van der Waals surface area contributed by atoms with Gasteiger partial charge in [-0.05, 0) is 24.3 Å². The molecule has 0 bridgehead atoms. The molecule has 14 heteroatoms. The number of hydrogen-bond acceptors (Lipinski definition) is 12. The summed E-state index contributed by atoms with van der Waals surface area (Å²) in [5.41, 5.74) is 0. The summed E-state index contributed by atoms with van der Waals surface area (Å²) < 4.78 is 11.1. The fourth-order valence-electron chi connectivity index (χ4n) is 3.77. The lowest BCUT2D eigenvalue weighted by Crippen LogP contribution is -2.27. The molecule has 0 aliphatic carbocycles. The molecule has 8 nitrogen and oxygen atoms in total. The highest BCUT2D eigenvalue weighted by Gasteiger charge is 2.24. The van der Waals surface area contributed by atoms with Crippen molar-refractivity contribution in [3.05, 3.63) is 85.0 Å². The smallest absolute Gasteiger partial charge is 0.331 e. The summed E-state index contributed by atoms with van der Waals surface area (Å²) in [6.45, 7) is 0. The molecule has 0 spiro atoms. The van der Waals surface area contributed by atoms with Crippen molar-refractivity contribution in [3.63, 3.8) is 0 Å². The average Bonchev–Trinajstić information content (AvgIpc) is 3.05. The second-order valence-corrected chi connectivity index (χ2v) is 16.7. The van der Waals surface area contributed by atoms with Gasteiger partial charge in [0, 0.05) is 90.6 Å². The van der Waals surface area contributed by atoms with Crippen molar-refractivity contribution in [2.24, 2.45) is 0 Å². The molecular weight excluding hydrogens is 705 g/mol. The lowest BCUT2D eigenvalue weighted by molar-refractivity contribution is -0.142. The minimum absolute atomic E-state index is 0.353. The van der Waals surface area contributed by atoms with Crippen LogP contribution < -0.4 is 0 Å². The van der Waals surface area contributed by atoms with E-state index in [4.69, 9.17) is 19.7 Å². The van der Waals surface area contributed by atoms with Crippen molar-refractivity contribution < 1.29 is 38.9 Å². The molecule has 1 fully saturated rings. The number of ether oxygens (including phenoxy) is 2. The zero-order valence-electron chi connectivity index (χ0n) is 24.8. The van der Waals surface area contributed by atoms with Gasteiger partial charge in [0.1, 0.15) is 12.2 Å². The Kier molecular flexibility index (Phi) is 18.7. The van der Waals surface area contributed by atoms with Crippen LogP contribution in [-0.4, -0.2) is 103 Å². The van der Waals surface area contributed by atoms with Gasteiger partial charge in [0.25, 0.3) is 0 Å². The maximum atomic E-state index is 12.2. The summed E-state index contributed by atoms with van der Waals surface area (Å²) in [4.78, 5) is 48.0. The number of rotatable bonds is 20. The molecule has 1 saturated heterocycles. The van der Waals surface area contributed by atoms with E-state index in [2.05, 4.69) is 0 Å². The highest BCUT2D eigenvalue weighted by Crippen LogP contribution is 2.34. The molecule has 4 unspecified atom stereocenters. The van der Waals surface area contributed by atoms with Crippen molar-refractivity contribution in [1.82, 2.24) is 0 Å². The molecule has 0 amide bonds. The molecule has 2 N–H and O–H groups in total. The van der Waals surface area contributed by atoms with Crippen LogP contribution in [-0.2, 0) is 28.7 Å². The number of carboxylic acid groups (broad SMARTS) is 2. The van der Waals surface area contributed by atoms with Gasteiger partial charge in [0.2, 0.25) is 0 Å². The lowest BCUT2D eigenvalue weighted by atomic mass is 10.4. The van der Waals surface area contributed by atoms with Gasteiger partial charge in [0.05, 0.1) is 0 Å². The van der Waals surface area contributed by atoms with Gasteiger partial charge in [0.15, 0.2) is 0 Å². The second kappa shape index (κ2) is 22.5. The van der Waals surface area contributed by atoms with Gasteiger partial charge in [-0.1, -0.05) is 36.4 Å². The van der Waals surface area contributed by atoms with Gasteiger partial charge in [-0.25, -0.2) is 19.2 Å². The molecule has 0 aromatic heterocycles. The van der Waals surface area contributed by atoms with Crippen molar-refractivity contribution in [2.75, 3.05) is 46.0 Å². The molecule has 3 rings (SSSR count). The van der Waals surface area contributed by atoms with Crippen LogP contribution in [0.1, 0.15) is 0 Å². The van der Waals surface area contributed by atoms with E-state index in [-0.39, 0.29) is 12.2 Å². The highest BCUT2D eigenvalue weighted by atomic mass is 32.2. The third-order valence-corrected chi connectivity index (χ3v) is 14.3. The van der Waals surface area contributed by atoms with Crippen LogP contribution in [0.15, 0.2) is 94.8 Å². The number of carbonyl (C=O) groups is 4. The van der Waals surface area contributed by atoms with Gasteiger partial charge in [-0.2, -0.15) is 47.0 Å². The van der Waals surface area contributed by atoms with Crippen LogP contribution in [0.3, 0.4) is 0 Å². The van der Waals surface area contributed by atoms with E-state index in [1.807, 2.05) is 84.2 Å². The Morgan fingerprint density at radius 2 is 1.04 bits per heavy atom. The van der Waals surface area contributed by atoms with Crippen LogP contribution in [0.5, 0.6) is 0 Å². The number of carboxylic acids is 2. The molecular formula is C32H36O8S6. The van der Waals surface area contributed by atoms with Crippen molar-refractivity contribution in [2.45, 2.75) is 32.5 Å². The van der Waals surface area contributed by atoms with E-state index >= 15 is 0 Å². The second-order valence-electron chi connectivity index (χ2n) is 9.69.